The Morgan fingerprint density at radius 1 is 1.15 bits per heavy atom. The molecular formula is C14H12N4O2. The first-order valence-electron chi connectivity index (χ1n) is 6.10. The molecule has 1 aromatic carbocycles. The molecule has 6 heteroatoms. The molecule has 20 heavy (non-hydrogen) atoms. The van der Waals surface area contributed by atoms with E-state index in [1.165, 1.54) is 0 Å². The van der Waals surface area contributed by atoms with Crippen molar-refractivity contribution in [2.75, 3.05) is 5.32 Å². The quantitative estimate of drug-likeness (QED) is 0.765. The van der Waals surface area contributed by atoms with E-state index in [9.17, 15) is 4.79 Å². The molecule has 0 aliphatic heterocycles. The second-order valence-electron chi connectivity index (χ2n) is 4.12. The van der Waals surface area contributed by atoms with E-state index in [0.717, 1.165) is 5.52 Å². The molecular weight excluding hydrogens is 256 g/mol. The highest BCUT2D eigenvalue weighted by atomic mass is 16.3. The molecule has 0 fully saturated rings. The summed E-state index contributed by atoms with van der Waals surface area (Å²) in [6, 6.07) is 8.69. The van der Waals surface area contributed by atoms with Crippen molar-refractivity contribution in [2.45, 2.75) is 6.54 Å². The van der Waals surface area contributed by atoms with Crippen LogP contribution in [0, 0.1) is 0 Å². The Hall–Kier alpha value is -2.89. The van der Waals surface area contributed by atoms with Crippen LogP contribution in [0.15, 0.2) is 53.4 Å². The Morgan fingerprint density at radius 3 is 2.90 bits per heavy atom. The minimum Gasteiger partial charge on any atom is -0.467 e. The van der Waals surface area contributed by atoms with E-state index in [2.05, 4.69) is 20.6 Å². The normalized spacial score (nSPS) is 10.4. The number of rotatable bonds is 3. The topological polar surface area (TPSA) is 80.0 Å². The smallest absolute Gasteiger partial charge is 0.319 e. The highest BCUT2D eigenvalue weighted by Crippen LogP contribution is 2.18. The molecule has 0 aliphatic rings. The molecule has 6 nitrogen and oxygen atoms in total. The summed E-state index contributed by atoms with van der Waals surface area (Å²) in [5.41, 5.74) is 2.01. The fourth-order valence-electron chi connectivity index (χ4n) is 1.84. The third-order valence-electron chi connectivity index (χ3n) is 2.75. The number of carbonyl (C=O) groups is 1. The van der Waals surface area contributed by atoms with Crippen molar-refractivity contribution < 1.29 is 9.21 Å². The monoisotopic (exact) mass is 268 g/mol. The number of hydrogen-bond acceptors (Lipinski definition) is 4. The highest BCUT2D eigenvalue weighted by molar-refractivity contribution is 5.98. The Balaban J connectivity index is 1.71. The lowest BCUT2D eigenvalue weighted by atomic mass is 10.2. The van der Waals surface area contributed by atoms with Crippen LogP contribution in [0.25, 0.3) is 11.0 Å². The van der Waals surface area contributed by atoms with Crippen LogP contribution in [0.1, 0.15) is 5.76 Å². The molecule has 2 aromatic heterocycles. The van der Waals surface area contributed by atoms with Gasteiger partial charge in [-0.25, -0.2) is 4.79 Å². The van der Waals surface area contributed by atoms with Gasteiger partial charge in [-0.05, 0) is 24.3 Å². The second kappa shape index (κ2) is 5.40. The number of hydrogen-bond donors (Lipinski definition) is 2. The number of para-hydroxylation sites is 1. The molecule has 2 N–H and O–H groups in total. The zero-order valence-corrected chi connectivity index (χ0v) is 10.5. The maximum atomic E-state index is 11.8. The van der Waals surface area contributed by atoms with Crippen LogP contribution in [-0.2, 0) is 6.54 Å². The van der Waals surface area contributed by atoms with Crippen LogP contribution in [0.2, 0.25) is 0 Å². The van der Waals surface area contributed by atoms with Gasteiger partial charge < -0.3 is 15.1 Å². The van der Waals surface area contributed by atoms with Gasteiger partial charge in [0.1, 0.15) is 11.3 Å². The fraction of sp³-hybridized carbons (Fsp3) is 0.0714. The van der Waals surface area contributed by atoms with Gasteiger partial charge in [-0.3, -0.25) is 9.97 Å². The lowest BCUT2D eigenvalue weighted by Crippen LogP contribution is -2.28. The number of fused-ring (bicyclic) bond motifs is 1. The van der Waals surface area contributed by atoms with Crippen LogP contribution in [0.5, 0.6) is 0 Å². The standard InChI is InChI=1S/C14H12N4O2/c19-14(17-9-10-3-2-8-20-10)18-12-5-1-4-11-13(12)16-7-6-15-11/h1-8H,9H2,(H2,17,18,19). The zero-order valence-electron chi connectivity index (χ0n) is 10.5. The van der Waals surface area contributed by atoms with Crippen molar-refractivity contribution in [3.05, 3.63) is 54.7 Å². The zero-order chi connectivity index (χ0) is 13.8. The predicted octanol–water partition coefficient (Wildman–Crippen LogP) is 2.54. The van der Waals surface area contributed by atoms with Gasteiger partial charge in [0, 0.05) is 12.4 Å². The van der Waals surface area contributed by atoms with Crippen molar-refractivity contribution >= 4 is 22.8 Å². The highest BCUT2D eigenvalue weighted by Gasteiger charge is 2.07. The lowest BCUT2D eigenvalue weighted by molar-refractivity contribution is 0.251. The lowest BCUT2D eigenvalue weighted by Gasteiger charge is -2.08. The molecule has 2 heterocycles. The maximum absolute atomic E-state index is 11.8. The molecule has 0 saturated carbocycles. The van der Waals surface area contributed by atoms with Gasteiger partial charge in [-0.15, -0.1) is 0 Å². The third-order valence-corrected chi connectivity index (χ3v) is 2.75. The summed E-state index contributed by atoms with van der Waals surface area (Å²) < 4.78 is 5.14. The number of anilines is 1. The summed E-state index contributed by atoms with van der Waals surface area (Å²) in [4.78, 5) is 20.2. The molecule has 0 aliphatic carbocycles. The predicted molar refractivity (Wildman–Crippen MR) is 74.1 cm³/mol. The van der Waals surface area contributed by atoms with Gasteiger partial charge in [0.15, 0.2) is 0 Å². The number of urea groups is 1. The van der Waals surface area contributed by atoms with Crippen LogP contribution in [0.3, 0.4) is 0 Å². The number of benzene rings is 1. The fourth-order valence-corrected chi connectivity index (χ4v) is 1.84. The van der Waals surface area contributed by atoms with Crippen molar-refractivity contribution in [3.63, 3.8) is 0 Å². The molecule has 0 saturated heterocycles. The van der Waals surface area contributed by atoms with E-state index in [4.69, 9.17) is 4.42 Å². The van der Waals surface area contributed by atoms with E-state index in [1.54, 1.807) is 36.9 Å². The molecule has 0 atom stereocenters. The average molecular weight is 268 g/mol. The Labute approximate surface area is 114 Å². The summed E-state index contributed by atoms with van der Waals surface area (Å²) in [6.45, 7) is 0.329. The van der Waals surface area contributed by atoms with E-state index in [0.29, 0.717) is 23.5 Å². The van der Waals surface area contributed by atoms with Crippen LogP contribution in [-0.4, -0.2) is 16.0 Å². The molecule has 2 amide bonds. The van der Waals surface area contributed by atoms with Gasteiger partial charge in [0.25, 0.3) is 0 Å². The SMILES string of the molecule is O=C(NCc1ccco1)Nc1cccc2nccnc12. The van der Waals surface area contributed by atoms with Crippen LogP contribution < -0.4 is 10.6 Å². The molecule has 100 valence electrons. The van der Waals surface area contributed by atoms with Gasteiger partial charge in [-0.2, -0.15) is 0 Å². The first-order valence-corrected chi connectivity index (χ1v) is 6.10. The van der Waals surface area contributed by atoms with Crippen LogP contribution >= 0.6 is 0 Å². The van der Waals surface area contributed by atoms with Gasteiger partial charge in [0.05, 0.1) is 24.0 Å². The maximum Gasteiger partial charge on any atom is 0.319 e. The molecule has 3 rings (SSSR count). The largest absolute Gasteiger partial charge is 0.467 e. The van der Waals surface area contributed by atoms with E-state index >= 15 is 0 Å². The Morgan fingerprint density at radius 2 is 2.05 bits per heavy atom. The van der Waals surface area contributed by atoms with Crippen molar-refractivity contribution in [2.24, 2.45) is 0 Å². The van der Waals surface area contributed by atoms with E-state index in [1.807, 2.05) is 12.1 Å². The molecule has 3 aromatic rings. The minimum atomic E-state index is -0.320. The second-order valence-corrected chi connectivity index (χ2v) is 4.12. The number of furan rings is 1. The van der Waals surface area contributed by atoms with Crippen LogP contribution in [0.4, 0.5) is 10.5 Å². The van der Waals surface area contributed by atoms with Crippen molar-refractivity contribution in [1.82, 2.24) is 15.3 Å². The average Bonchev–Trinajstić information content (AvgIpc) is 2.99. The Bertz CT molecular complexity index is 720. The summed E-state index contributed by atoms with van der Waals surface area (Å²) in [6.07, 6.45) is 4.77. The Kier molecular flexibility index (Phi) is 3.28. The molecule has 0 bridgehead atoms. The summed E-state index contributed by atoms with van der Waals surface area (Å²) in [5.74, 6) is 0.692. The molecule has 0 spiro atoms. The number of nitrogens with zero attached hydrogens (tertiary/aromatic N) is 2. The third kappa shape index (κ3) is 2.59. The minimum absolute atomic E-state index is 0.320. The molecule has 0 unspecified atom stereocenters. The van der Waals surface area contributed by atoms with Gasteiger partial charge >= 0.3 is 6.03 Å². The number of carbonyl (C=O) groups excluding carboxylic acids is 1. The number of nitrogens with one attached hydrogen (secondary N) is 2. The summed E-state index contributed by atoms with van der Waals surface area (Å²) in [7, 11) is 0. The first-order chi connectivity index (χ1) is 9.83. The number of amides is 2. The summed E-state index contributed by atoms with van der Waals surface area (Å²) >= 11 is 0. The number of aromatic nitrogens is 2. The van der Waals surface area contributed by atoms with Gasteiger partial charge in [-0.1, -0.05) is 6.07 Å². The molecule has 0 radical (unpaired) electrons. The van der Waals surface area contributed by atoms with E-state index < -0.39 is 0 Å². The van der Waals surface area contributed by atoms with E-state index in [-0.39, 0.29) is 6.03 Å². The summed E-state index contributed by atoms with van der Waals surface area (Å²) in [5, 5.41) is 5.46. The van der Waals surface area contributed by atoms with Gasteiger partial charge in [0.2, 0.25) is 0 Å². The van der Waals surface area contributed by atoms with Crippen molar-refractivity contribution in [1.29, 1.82) is 0 Å². The van der Waals surface area contributed by atoms with Crippen molar-refractivity contribution in [3.8, 4) is 0 Å². The first kappa shape index (κ1) is 12.2.